The number of hydrogen-bond acceptors (Lipinski definition) is 16. The first kappa shape index (κ1) is 69.5. The smallest absolute Gasteiger partial charge is 0.326 e. The third-order valence-electron chi connectivity index (χ3n) is 16.4. The number of amidine groups is 1. The lowest BCUT2D eigenvalue weighted by molar-refractivity contribution is -0.143. The van der Waals surface area contributed by atoms with Crippen molar-refractivity contribution < 1.29 is 53.4 Å². The summed E-state index contributed by atoms with van der Waals surface area (Å²) in [5, 5.41) is 31.0. The van der Waals surface area contributed by atoms with E-state index in [1.54, 1.807) is 0 Å². The number of nitrogens with one attached hydrogen (secondary N) is 4. The van der Waals surface area contributed by atoms with Crippen LogP contribution in [0.2, 0.25) is 0 Å². The summed E-state index contributed by atoms with van der Waals surface area (Å²) < 4.78 is 2.91. The number of aryl methyl sites for hydroxylation is 2. The molecule has 0 radical (unpaired) electrons. The molecule has 10 N–H and O–H groups in total. The topological polar surface area (TPSA) is 368 Å². The van der Waals surface area contributed by atoms with Gasteiger partial charge in [0.15, 0.2) is 40.3 Å². The number of imidazole rings is 2. The van der Waals surface area contributed by atoms with Crippen molar-refractivity contribution in [1.82, 2.24) is 50.3 Å². The average molecular weight is 1310 g/mol. The molecule has 0 fully saturated rings. The third kappa shape index (κ3) is 20.1. The summed E-state index contributed by atoms with van der Waals surface area (Å²) in [4.78, 5) is 140. The number of aliphatic imine (C=N–C) groups is 1. The highest BCUT2D eigenvalue weighted by atomic mass is 16.4. The molecule has 0 spiro atoms. The zero-order valence-electron chi connectivity index (χ0n) is 53.5. The molecule has 1 aliphatic heterocycles. The van der Waals surface area contributed by atoms with Gasteiger partial charge in [0.25, 0.3) is 0 Å². The minimum absolute atomic E-state index is 0.0548. The standard InChI is InChI=1S/C37H38N6O6.C36H37N7O5/c1-23-12-14-26(15-13-23)18-29(37(48)49)41-36(47)27(16-24-8-4-2-5-9-24)19-30(44)28(17-25-10-6-3-7-11-25)40-33(46)21-43-22-39-34-31(45)20-32(38)42-35(34)43;1-23-12-14-26(15-13-23)18-29(36(47)48)42-35(46)27(16-24-8-4-2-5-9-24)19-30(44)28(17-25-10-6-3-7-11-25)41-31(45)20-43-22-40-32-33(37)38-21-39-34(32)43/h2-15,22,27-29H,16-21H2,1H3,(H2,38,42)(H,40,46)(H,41,47)(H,48,49);2-15,21-22,27-29H,16-20H2,1H3,(H,41,45)(H,42,46)(H,47,48)(H2,37,38,39). The molecule has 0 saturated carbocycles. The van der Waals surface area contributed by atoms with Crippen LogP contribution < -0.4 is 32.7 Å². The number of nitrogens with zero attached hydrogens (tertiary/aromatic N) is 7. The molecule has 1 aliphatic rings. The van der Waals surface area contributed by atoms with Crippen molar-refractivity contribution in [3.63, 3.8) is 0 Å². The summed E-state index contributed by atoms with van der Waals surface area (Å²) in [6.07, 6.45) is 4.37. The zero-order chi connectivity index (χ0) is 69.0. The van der Waals surface area contributed by atoms with E-state index in [-0.39, 0.29) is 106 Å². The number of benzene rings is 6. The Labute approximate surface area is 559 Å². The number of rotatable bonds is 30. The summed E-state index contributed by atoms with van der Waals surface area (Å²) in [7, 11) is 0. The first-order valence-corrected chi connectivity index (χ1v) is 31.5. The van der Waals surface area contributed by atoms with Crippen LogP contribution in [0.3, 0.4) is 0 Å². The van der Waals surface area contributed by atoms with Gasteiger partial charge in [-0.25, -0.2) is 34.5 Å². The number of fused-ring (bicyclic) bond motifs is 2. The normalized spacial score (nSPS) is 13.5. The van der Waals surface area contributed by atoms with Gasteiger partial charge < -0.3 is 52.1 Å². The zero-order valence-corrected chi connectivity index (χ0v) is 53.5. The van der Waals surface area contributed by atoms with Crippen LogP contribution >= 0.6 is 0 Å². The summed E-state index contributed by atoms with van der Waals surface area (Å²) in [5.41, 5.74) is 19.3. The summed E-state index contributed by atoms with van der Waals surface area (Å²) in [6, 6.07) is 47.1. The number of nitrogen functional groups attached to an aromatic ring is 1. The van der Waals surface area contributed by atoms with Crippen molar-refractivity contribution in [3.8, 4) is 0 Å². The van der Waals surface area contributed by atoms with E-state index in [1.165, 1.54) is 28.1 Å². The maximum absolute atomic E-state index is 14.0. The Bertz CT molecular complexity index is 4280. The number of anilines is 1. The van der Waals surface area contributed by atoms with E-state index < -0.39 is 77.4 Å². The minimum atomic E-state index is -1.21. The summed E-state index contributed by atoms with van der Waals surface area (Å²) in [5.74, 6) is -6.91. The molecular formula is C73H75N13O11. The number of carbonyl (C=O) groups excluding carboxylic acids is 7. The van der Waals surface area contributed by atoms with Crippen LogP contribution in [-0.2, 0) is 90.0 Å². The Morgan fingerprint density at radius 3 is 1.27 bits per heavy atom. The number of carbonyl (C=O) groups is 9. The van der Waals surface area contributed by atoms with Crippen molar-refractivity contribution in [3.05, 3.63) is 239 Å². The summed E-state index contributed by atoms with van der Waals surface area (Å²) >= 11 is 0. The van der Waals surface area contributed by atoms with E-state index in [9.17, 15) is 53.4 Å². The fourth-order valence-electron chi connectivity index (χ4n) is 11.2. The van der Waals surface area contributed by atoms with Gasteiger partial charge in [-0.1, -0.05) is 181 Å². The largest absolute Gasteiger partial charge is 0.480 e. The third-order valence-corrected chi connectivity index (χ3v) is 16.4. The van der Waals surface area contributed by atoms with Crippen LogP contribution in [0.1, 0.15) is 74.3 Å². The van der Waals surface area contributed by atoms with Crippen molar-refractivity contribution in [2.75, 3.05) is 5.73 Å². The molecule has 9 aromatic rings. The molecule has 4 amide bonds. The number of Topliss-reactive ketones (excluding diaryl/α,β-unsaturated/α-hetero) is 3. The Morgan fingerprint density at radius 1 is 0.464 bits per heavy atom. The Balaban J connectivity index is 0.000000227. The maximum atomic E-state index is 14.0. The van der Waals surface area contributed by atoms with E-state index in [4.69, 9.17) is 11.5 Å². The van der Waals surface area contributed by atoms with E-state index in [0.29, 0.717) is 11.2 Å². The molecule has 6 aromatic carbocycles. The second-order valence-corrected chi connectivity index (χ2v) is 24.0. The van der Waals surface area contributed by atoms with Gasteiger partial charge in [-0.05, 0) is 72.9 Å². The first-order valence-electron chi connectivity index (χ1n) is 31.5. The highest BCUT2D eigenvalue weighted by Crippen LogP contribution is 2.25. The van der Waals surface area contributed by atoms with Gasteiger partial charge in [-0.2, -0.15) is 0 Å². The van der Waals surface area contributed by atoms with E-state index in [0.717, 1.165) is 44.5 Å². The summed E-state index contributed by atoms with van der Waals surface area (Å²) in [6.45, 7) is 3.40. The average Bonchev–Trinajstić information content (AvgIpc) is 1.69. The monoisotopic (exact) mass is 1310 g/mol. The Morgan fingerprint density at radius 2 is 0.845 bits per heavy atom. The molecular weight excluding hydrogens is 1230 g/mol. The van der Waals surface area contributed by atoms with Gasteiger partial charge in [0.1, 0.15) is 42.9 Å². The minimum Gasteiger partial charge on any atom is -0.480 e. The lowest BCUT2D eigenvalue weighted by Gasteiger charge is -2.23. The molecule has 10 rings (SSSR count). The Kier molecular flexibility index (Phi) is 23.9. The van der Waals surface area contributed by atoms with Crippen molar-refractivity contribution in [2.45, 2.75) is 109 Å². The van der Waals surface area contributed by atoms with Crippen molar-refractivity contribution >= 4 is 81.6 Å². The molecule has 6 unspecified atom stereocenters. The number of aliphatic carboxylic acids is 2. The highest BCUT2D eigenvalue weighted by molar-refractivity contribution is 6.13. The Hall–Kier alpha value is -11.8. The molecule has 0 saturated heterocycles. The van der Waals surface area contributed by atoms with Gasteiger partial charge in [0, 0.05) is 37.5 Å². The van der Waals surface area contributed by atoms with Gasteiger partial charge in [-0.15, -0.1) is 0 Å². The molecule has 24 nitrogen and oxygen atoms in total. The predicted molar refractivity (Wildman–Crippen MR) is 362 cm³/mol. The molecule has 0 bridgehead atoms. The van der Waals surface area contributed by atoms with Crippen LogP contribution in [-0.4, -0.2) is 122 Å². The fourth-order valence-corrected chi connectivity index (χ4v) is 11.2. The van der Waals surface area contributed by atoms with E-state index in [2.05, 4.69) is 46.2 Å². The number of nitrogens with two attached hydrogens (primary N) is 2. The van der Waals surface area contributed by atoms with Gasteiger partial charge in [-0.3, -0.25) is 33.6 Å². The number of amides is 4. The molecule has 24 heteroatoms. The second-order valence-electron chi connectivity index (χ2n) is 24.0. The van der Waals surface area contributed by atoms with Gasteiger partial charge in [0.05, 0.1) is 31.2 Å². The van der Waals surface area contributed by atoms with Crippen LogP contribution in [0.5, 0.6) is 0 Å². The number of hydrogen-bond donors (Lipinski definition) is 8. The number of ketones is 3. The number of carboxylic acid groups (broad SMARTS) is 2. The van der Waals surface area contributed by atoms with E-state index >= 15 is 0 Å². The lowest BCUT2D eigenvalue weighted by atomic mass is 9.89. The van der Waals surface area contributed by atoms with Crippen LogP contribution in [0.15, 0.2) is 194 Å². The van der Waals surface area contributed by atoms with Gasteiger partial charge >= 0.3 is 11.9 Å². The highest BCUT2D eigenvalue weighted by Gasteiger charge is 2.34. The molecule has 6 atom stereocenters. The van der Waals surface area contributed by atoms with Gasteiger partial charge in [0.2, 0.25) is 23.6 Å². The number of carboxylic acids is 2. The van der Waals surface area contributed by atoms with Crippen LogP contribution in [0.25, 0.3) is 11.2 Å². The van der Waals surface area contributed by atoms with Crippen LogP contribution in [0.4, 0.5) is 11.6 Å². The van der Waals surface area contributed by atoms with Crippen molar-refractivity contribution in [2.24, 2.45) is 22.6 Å². The molecule has 4 heterocycles. The SMILES string of the molecule is Cc1ccc(CC(NC(=O)C(CC(=O)C(Cc2ccccc2)NC(=O)Cn2cnc3c(N)ncnc32)Cc2ccccc2)C(=O)O)cc1.Cc1ccc(CC(NC(=O)C(CC(=O)C(Cc2ccccc2)NC(=O)Cn2cnc3c2N=C(N)CC3=O)Cc2ccccc2)C(=O)O)cc1. The first-order chi connectivity index (χ1) is 46.7. The van der Waals surface area contributed by atoms with E-state index in [1.807, 2.05) is 184 Å². The fraction of sp³-hybridized carbons (Fsp3) is 0.260. The molecule has 97 heavy (non-hydrogen) atoms. The van der Waals surface area contributed by atoms with Crippen molar-refractivity contribution in [1.29, 1.82) is 0 Å². The molecule has 498 valence electrons. The maximum Gasteiger partial charge on any atom is 0.326 e. The predicted octanol–water partition coefficient (Wildman–Crippen LogP) is 6.20. The van der Waals surface area contributed by atoms with Crippen LogP contribution in [0, 0.1) is 25.7 Å². The number of aromatic nitrogens is 6. The lowest BCUT2D eigenvalue weighted by Crippen LogP contribution is -2.48. The quantitative estimate of drug-likeness (QED) is 0.0248. The second kappa shape index (κ2) is 33.3. The molecule has 3 aromatic heterocycles. The molecule has 0 aliphatic carbocycles.